The molecule has 0 N–H and O–H groups in total. The van der Waals surface area contributed by atoms with Gasteiger partial charge in [0.1, 0.15) is 10.8 Å². The van der Waals surface area contributed by atoms with Crippen LogP contribution in [0.4, 0.5) is 13.2 Å². The Morgan fingerprint density at radius 3 is 2.63 bits per heavy atom. The summed E-state index contributed by atoms with van der Waals surface area (Å²) in [5, 5.41) is 1.90. The van der Waals surface area contributed by atoms with Gasteiger partial charge in [0, 0.05) is 17.4 Å². The number of carbonyl (C=O) groups excluding carboxylic acids is 1. The number of benzene rings is 1. The minimum Gasteiger partial charge on any atom is -0.300 e. The first-order valence-corrected chi connectivity index (χ1v) is 6.36. The van der Waals surface area contributed by atoms with Gasteiger partial charge in [-0.15, -0.1) is 11.3 Å². The van der Waals surface area contributed by atoms with Crippen molar-refractivity contribution in [3.63, 3.8) is 0 Å². The van der Waals surface area contributed by atoms with E-state index in [4.69, 9.17) is 0 Å². The Labute approximate surface area is 111 Å². The third kappa shape index (κ3) is 3.20. The van der Waals surface area contributed by atoms with Crippen LogP contribution in [0, 0.1) is 0 Å². The Bertz CT molecular complexity index is 604. The normalized spacial score (nSPS) is 11.6. The summed E-state index contributed by atoms with van der Waals surface area (Å²) in [5.41, 5.74) is -0.155. The van der Waals surface area contributed by atoms with E-state index in [-0.39, 0.29) is 22.8 Å². The maximum absolute atomic E-state index is 12.9. The van der Waals surface area contributed by atoms with Gasteiger partial charge < -0.3 is 0 Å². The van der Waals surface area contributed by atoms with Gasteiger partial charge in [-0.1, -0.05) is 18.2 Å². The molecule has 0 aliphatic carbocycles. The molecule has 6 heteroatoms. The van der Waals surface area contributed by atoms with Crippen LogP contribution in [0.15, 0.2) is 29.6 Å². The SMILES string of the molecule is CC(=O)Cc1csc(-c2ccccc2C(F)(F)F)n1. The minimum atomic E-state index is -4.41. The van der Waals surface area contributed by atoms with Gasteiger partial charge in [-0.2, -0.15) is 13.2 Å². The molecule has 0 saturated heterocycles. The van der Waals surface area contributed by atoms with Crippen LogP contribution in [-0.4, -0.2) is 10.8 Å². The molecule has 1 aromatic carbocycles. The predicted octanol–water partition coefficient (Wildman–Crippen LogP) is 3.96. The summed E-state index contributed by atoms with van der Waals surface area (Å²) in [6.07, 6.45) is -4.27. The number of nitrogens with zero attached hydrogens (tertiary/aromatic N) is 1. The fraction of sp³-hybridized carbons (Fsp3) is 0.231. The summed E-state index contributed by atoms with van der Waals surface area (Å²) in [5.74, 6) is -0.0686. The second-order valence-corrected chi connectivity index (χ2v) is 4.92. The minimum absolute atomic E-state index is 0.0507. The average molecular weight is 285 g/mol. The van der Waals surface area contributed by atoms with Crippen LogP contribution in [0.2, 0.25) is 0 Å². The molecule has 0 saturated carbocycles. The van der Waals surface area contributed by atoms with E-state index in [0.717, 1.165) is 17.4 Å². The number of ketones is 1. The highest BCUT2D eigenvalue weighted by Crippen LogP contribution is 2.37. The highest BCUT2D eigenvalue weighted by molar-refractivity contribution is 7.13. The van der Waals surface area contributed by atoms with E-state index in [0.29, 0.717) is 5.69 Å². The standard InChI is InChI=1S/C13H10F3NOS/c1-8(18)6-9-7-19-12(17-9)10-4-2-3-5-11(10)13(14,15)16/h2-5,7H,6H2,1H3. The summed E-state index contributed by atoms with van der Waals surface area (Å²) in [7, 11) is 0. The zero-order chi connectivity index (χ0) is 14.0. The van der Waals surface area contributed by atoms with Crippen LogP contribution in [0.3, 0.4) is 0 Å². The Balaban J connectivity index is 2.42. The number of thiazole rings is 1. The molecule has 1 heterocycles. The smallest absolute Gasteiger partial charge is 0.300 e. The van der Waals surface area contributed by atoms with Crippen molar-refractivity contribution in [1.82, 2.24) is 4.98 Å². The lowest BCUT2D eigenvalue weighted by Crippen LogP contribution is -2.06. The lowest BCUT2D eigenvalue weighted by atomic mass is 10.1. The number of halogens is 3. The molecule has 0 aliphatic heterocycles. The predicted molar refractivity (Wildman–Crippen MR) is 66.9 cm³/mol. The Morgan fingerprint density at radius 2 is 2.00 bits per heavy atom. The summed E-state index contributed by atoms with van der Waals surface area (Å²) in [6, 6.07) is 5.30. The quantitative estimate of drug-likeness (QED) is 0.854. The molecule has 0 spiro atoms. The van der Waals surface area contributed by atoms with E-state index >= 15 is 0 Å². The van der Waals surface area contributed by atoms with E-state index in [1.807, 2.05) is 0 Å². The fourth-order valence-corrected chi connectivity index (χ4v) is 2.54. The van der Waals surface area contributed by atoms with E-state index in [1.54, 1.807) is 5.38 Å². The average Bonchev–Trinajstić information content (AvgIpc) is 2.75. The van der Waals surface area contributed by atoms with E-state index in [1.165, 1.54) is 25.1 Å². The maximum Gasteiger partial charge on any atom is 0.417 e. The van der Waals surface area contributed by atoms with Crippen molar-refractivity contribution in [2.75, 3.05) is 0 Å². The molecule has 0 aliphatic rings. The molecule has 100 valence electrons. The van der Waals surface area contributed by atoms with Crippen molar-refractivity contribution in [2.24, 2.45) is 0 Å². The molecule has 0 unspecified atom stereocenters. The van der Waals surface area contributed by atoms with Crippen LogP contribution in [0.5, 0.6) is 0 Å². The molecular formula is C13H10F3NOS. The summed E-state index contributed by atoms with van der Waals surface area (Å²) in [4.78, 5) is 15.1. The molecule has 19 heavy (non-hydrogen) atoms. The third-order valence-electron chi connectivity index (χ3n) is 2.44. The van der Waals surface area contributed by atoms with Crippen molar-refractivity contribution < 1.29 is 18.0 Å². The van der Waals surface area contributed by atoms with Crippen molar-refractivity contribution in [3.05, 3.63) is 40.9 Å². The van der Waals surface area contributed by atoms with Crippen LogP contribution in [0.1, 0.15) is 18.2 Å². The molecule has 2 nitrogen and oxygen atoms in total. The van der Waals surface area contributed by atoms with Crippen LogP contribution in [0.25, 0.3) is 10.6 Å². The highest BCUT2D eigenvalue weighted by atomic mass is 32.1. The first kappa shape index (κ1) is 13.7. The molecule has 0 bridgehead atoms. The van der Waals surface area contributed by atoms with Crippen molar-refractivity contribution in [2.45, 2.75) is 19.5 Å². The van der Waals surface area contributed by atoms with Gasteiger partial charge in [0.15, 0.2) is 0 Å². The number of hydrogen-bond donors (Lipinski definition) is 0. The molecule has 0 amide bonds. The van der Waals surface area contributed by atoms with Gasteiger partial charge in [-0.05, 0) is 13.0 Å². The van der Waals surface area contributed by atoms with Crippen molar-refractivity contribution in [3.8, 4) is 10.6 Å². The number of aromatic nitrogens is 1. The molecular weight excluding hydrogens is 275 g/mol. The largest absolute Gasteiger partial charge is 0.417 e. The molecule has 0 radical (unpaired) electrons. The lowest BCUT2D eigenvalue weighted by Gasteiger charge is -2.10. The van der Waals surface area contributed by atoms with Gasteiger partial charge in [-0.25, -0.2) is 4.98 Å². The maximum atomic E-state index is 12.9. The van der Waals surface area contributed by atoms with Crippen LogP contribution < -0.4 is 0 Å². The Morgan fingerprint density at radius 1 is 1.32 bits per heavy atom. The number of rotatable bonds is 3. The monoisotopic (exact) mass is 285 g/mol. The molecule has 2 rings (SSSR count). The number of alkyl halides is 3. The molecule has 0 fully saturated rings. The number of Topliss-reactive ketones (excluding diaryl/α,β-unsaturated/α-hetero) is 1. The molecule has 1 aromatic heterocycles. The van der Waals surface area contributed by atoms with Crippen LogP contribution >= 0.6 is 11.3 Å². The van der Waals surface area contributed by atoms with Crippen molar-refractivity contribution in [1.29, 1.82) is 0 Å². The second kappa shape index (κ2) is 5.13. The van der Waals surface area contributed by atoms with E-state index in [2.05, 4.69) is 4.98 Å². The lowest BCUT2D eigenvalue weighted by molar-refractivity contribution is -0.137. The zero-order valence-corrected chi connectivity index (χ0v) is 10.8. The van der Waals surface area contributed by atoms with Gasteiger partial charge in [0.25, 0.3) is 0 Å². The molecule has 2 aromatic rings. The van der Waals surface area contributed by atoms with E-state index < -0.39 is 11.7 Å². The Hall–Kier alpha value is -1.69. The summed E-state index contributed by atoms with van der Waals surface area (Å²) in [6.45, 7) is 1.42. The fourth-order valence-electron chi connectivity index (χ4n) is 1.68. The van der Waals surface area contributed by atoms with Gasteiger partial charge in [-0.3, -0.25) is 4.79 Å². The summed E-state index contributed by atoms with van der Waals surface area (Å²) >= 11 is 1.11. The highest BCUT2D eigenvalue weighted by Gasteiger charge is 2.33. The van der Waals surface area contributed by atoms with Crippen molar-refractivity contribution >= 4 is 17.1 Å². The third-order valence-corrected chi connectivity index (χ3v) is 3.37. The van der Waals surface area contributed by atoms with Gasteiger partial charge in [0.05, 0.1) is 11.3 Å². The number of carbonyl (C=O) groups is 1. The molecule has 0 atom stereocenters. The zero-order valence-electron chi connectivity index (χ0n) is 9.99. The first-order chi connectivity index (χ1) is 8.88. The Kier molecular flexibility index (Phi) is 3.71. The van der Waals surface area contributed by atoms with Gasteiger partial charge >= 0.3 is 6.18 Å². The second-order valence-electron chi connectivity index (χ2n) is 4.07. The van der Waals surface area contributed by atoms with Gasteiger partial charge in [0.2, 0.25) is 0 Å². The topological polar surface area (TPSA) is 30.0 Å². The summed E-state index contributed by atoms with van der Waals surface area (Å²) < 4.78 is 38.6. The first-order valence-electron chi connectivity index (χ1n) is 5.48. The van der Waals surface area contributed by atoms with E-state index in [9.17, 15) is 18.0 Å². The van der Waals surface area contributed by atoms with Crippen LogP contribution in [-0.2, 0) is 17.4 Å². The number of hydrogen-bond acceptors (Lipinski definition) is 3.